The summed E-state index contributed by atoms with van der Waals surface area (Å²) in [4.78, 5) is 18.9. The Bertz CT molecular complexity index is 692. The van der Waals surface area contributed by atoms with Crippen molar-refractivity contribution in [2.75, 3.05) is 50.7 Å². The summed E-state index contributed by atoms with van der Waals surface area (Å²) in [7, 11) is 0. The number of piperazine rings is 1. The highest BCUT2D eigenvalue weighted by Crippen LogP contribution is 2.33. The Hall–Kier alpha value is -1.17. The molecule has 2 aliphatic heterocycles. The first-order valence-corrected chi connectivity index (χ1v) is 11.4. The average molecular weight is 442 g/mol. The van der Waals surface area contributed by atoms with Crippen molar-refractivity contribution in [2.24, 2.45) is 5.92 Å². The second-order valence-electron chi connectivity index (χ2n) is 9.10. The molecule has 162 valence electrons. The largest absolute Gasteiger partial charge is 0.444 e. The molecule has 1 aromatic carbocycles. The Morgan fingerprint density at radius 1 is 1.07 bits per heavy atom. The van der Waals surface area contributed by atoms with Gasteiger partial charge in [0, 0.05) is 39.3 Å². The predicted molar refractivity (Wildman–Crippen MR) is 120 cm³/mol. The number of benzene rings is 1. The first-order valence-electron chi connectivity index (χ1n) is 10.6. The lowest BCUT2D eigenvalue weighted by Crippen LogP contribution is -2.47. The quantitative estimate of drug-likeness (QED) is 0.646. The molecule has 0 aromatic heterocycles. The molecule has 1 amide bonds. The van der Waals surface area contributed by atoms with Crippen molar-refractivity contribution < 1.29 is 9.53 Å². The molecule has 0 radical (unpaired) electrons. The van der Waals surface area contributed by atoms with Crippen LogP contribution in [0, 0.1) is 5.92 Å². The van der Waals surface area contributed by atoms with Gasteiger partial charge in [0.2, 0.25) is 0 Å². The lowest BCUT2D eigenvalue weighted by atomic mass is 9.93. The number of rotatable bonds is 4. The van der Waals surface area contributed by atoms with Gasteiger partial charge in [0.05, 0.1) is 15.7 Å². The molecular formula is C22H33Cl2N3O2. The van der Waals surface area contributed by atoms with Gasteiger partial charge in [-0.2, -0.15) is 0 Å². The van der Waals surface area contributed by atoms with Crippen LogP contribution >= 0.6 is 23.2 Å². The van der Waals surface area contributed by atoms with Crippen LogP contribution in [0.4, 0.5) is 10.5 Å². The van der Waals surface area contributed by atoms with Gasteiger partial charge < -0.3 is 14.5 Å². The Morgan fingerprint density at radius 2 is 1.72 bits per heavy atom. The van der Waals surface area contributed by atoms with Crippen LogP contribution in [-0.2, 0) is 4.74 Å². The van der Waals surface area contributed by atoms with Gasteiger partial charge in [-0.05, 0) is 64.6 Å². The Kier molecular flexibility index (Phi) is 7.58. The fraction of sp³-hybridized carbons (Fsp3) is 0.682. The van der Waals surface area contributed by atoms with E-state index in [0.717, 1.165) is 64.3 Å². The van der Waals surface area contributed by atoms with E-state index in [-0.39, 0.29) is 6.09 Å². The SMILES string of the molecule is CC(C)(C)OC(=O)N1CCC(CCN2CCN(c3cccc(Cl)c3Cl)CC2)CC1. The number of nitrogens with zero attached hydrogens (tertiary/aromatic N) is 3. The van der Waals surface area contributed by atoms with Gasteiger partial charge in [-0.15, -0.1) is 0 Å². The van der Waals surface area contributed by atoms with E-state index in [1.54, 1.807) is 0 Å². The zero-order chi connectivity index (χ0) is 21.0. The number of carbonyl (C=O) groups is 1. The standard InChI is InChI=1S/C22H33Cl2N3O2/c1-22(2,3)29-21(28)27-11-8-17(9-12-27)7-10-25-13-15-26(16-14-25)19-6-4-5-18(23)20(19)24/h4-6,17H,7-16H2,1-3H3. The normalized spacial score (nSPS) is 19.5. The highest BCUT2D eigenvalue weighted by Gasteiger charge is 2.27. The molecule has 2 fully saturated rings. The van der Waals surface area contributed by atoms with Crippen molar-refractivity contribution in [2.45, 2.75) is 45.6 Å². The van der Waals surface area contributed by atoms with E-state index in [2.05, 4.69) is 9.80 Å². The summed E-state index contributed by atoms with van der Waals surface area (Å²) in [6.07, 6.45) is 3.15. The number of amides is 1. The van der Waals surface area contributed by atoms with Gasteiger partial charge in [0.15, 0.2) is 0 Å². The molecule has 3 rings (SSSR count). The third kappa shape index (κ3) is 6.40. The molecule has 5 nitrogen and oxygen atoms in total. The van der Waals surface area contributed by atoms with Gasteiger partial charge in [-0.3, -0.25) is 4.90 Å². The number of ether oxygens (including phenoxy) is 1. The van der Waals surface area contributed by atoms with Gasteiger partial charge in [-0.1, -0.05) is 29.3 Å². The number of anilines is 1. The van der Waals surface area contributed by atoms with Crippen molar-refractivity contribution in [3.05, 3.63) is 28.2 Å². The van der Waals surface area contributed by atoms with Crippen LogP contribution in [0.3, 0.4) is 0 Å². The molecule has 0 unspecified atom stereocenters. The summed E-state index contributed by atoms with van der Waals surface area (Å²) in [6.45, 7) is 12.5. The minimum absolute atomic E-state index is 0.174. The van der Waals surface area contributed by atoms with E-state index in [9.17, 15) is 4.79 Å². The predicted octanol–water partition coefficient (Wildman–Crippen LogP) is 5.15. The maximum Gasteiger partial charge on any atom is 0.410 e. The van der Waals surface area contributed by atoms with Crippen molar-refractivity contribution in [1.29, 1.82) is 0 Å². The van der Waals surface area contributed by atoms with E-state index in [0.29, 0.717) is 16.0 Å². The van der Waals surface area contributed by atoms with Crippen LogP contribution in [0.25, 0.3) is 0 Å². The van der Waals surface area contributed by atoms with Crippen LogP contribution < -0.4 is 4.90 Å². The maximum atomic E-state index is 12.2. The highest BCUT2D eigenvalue weighted by molar-refractivity contribution is 6.43. The molecule has 0 bridgehead atoms. The molecule has 0 spiro atoms. The second kappa shape index (κ2) is 9.76. The second-order valence-corrected chi connectivity index (χ2v) is 9.89. The summed E-state index contributed by atoms with van der Waals surface area (Å²) in [5.41, 5.74) is 0.610. The monoisotopic (exact) mass is 441 g/mol. The van der Waals surface area contributed by atoms with Crippen LogP contribution in [0.15, 0.2) is 18.2 Å². The summed E-state index contributed by atoms with van der Waals surface area (Å²) >= 11 is 12.5. The molecule has 2 saturated heterocycles. The molecule has 1 aromatic rings. The number of halogens is 2. The van der Waals surface area contributed by atoms with Crippen molar-refractivity contribution in [3.8, 4) is 0 Å². The molecule has 7 heteroatoms. The topological polar surface area (TPSA) is 36.0 Å². The van der Waals surface area contributed by atoms with Crippen molar-refractivity contribution in [1.82, 2.24) is 9.80 Å². The summed E-state index contributed by atoms with van der Waals surface area (Å²) < 4.78 is 5.49. The summed E-state index contributed by atoms with van der Waals surface area (Å²) in [5, 5.41) is 1.27. The van der Waals surface area contributed by atoms with Gasteiger partial charge >= 0.3 is 6.09 Å². The van der Waals surface area contributed by atoms with Gasteiger partial charge in [0.25, 0.3) is 0 Å². The van der Waals surface area contributed by atoms with E-state index in [4.69, 9.17) is 27.9 Å². The van der Waals surface area contributed by atoms with Crippen LogP contribution in [0.1, 0.15) is 40.0 Å². The number of carbonyl (C=O) groups excluding carboxylic acids is 1. The van der Waals surface area contributed by atoms with E-state index < -0.39 is 5.60 Å². The molecule has 0 N–H and O–H groups in total. The van der Waals surface area contributed by atoms with Crippen LogP contribution in [0.5, 0.6) is 0 Å². The first kappa shape index (κ1) is 22.5. The molecule has 0 saturated carbocycles. The minimum Gasteiger partial charge on any atom is -0.444 e. The molecule has 29 heavy (non-hydrogen) atoms. The Labute approximate surface area is 184 Å². The van der Waals surface area contributed by atoms with Crippen molar-refractivity contribution in [3.63, 3.8) is 0 Å². The molecule has 0 aliphatic carbocycles. The molecule has 2 aliphatic rings. The Balaban J connectivity index is 1.37. The first-order chi connectivity index (χ1) is 13.7. The fourth-order valence-corrected chi connectivity index (χ4v) is 4.46. The van der Waals surface area contributed by atoms with E-state index >= 15 is 0 Å². The highest BCUT2D eigenvalue weighted by atomic mass is 35.5. The molecule has 2 heterocycles. The third-order valence-electron chi connectivity index (χ3n) is 5.76. The smallest absolute Gasteiger partial charge is 0.410 e. The lowest BCUT2D eigenvalue weighted by molar-refractivity contribution is 0.0177. The van der Waals surface area contributed by atoms with Crippen molar-refractivity contribution >= 4 is 35.0 Å². The Morgan fingerprint density at radius 3 is 2.34 bits per heavy atom. The number of likely N-dealkylation sites (tertiary alicyclic amines) is 1. The van der Waals surface area contributed by atoms with Gasteiger partial charge in [-0.25, -0.2) is 4.79 Å². The lowest BCUT2D eigenvalue weighted by Gasteiger charge is -2.38. The number of piperidine rings is 1. The average Bonchev–Trinajstić information content (AvgIpc) is 2.68. The molecule has 0 atom stereocenters. The zero-order valence-corrected chi connectivity index (χ0v) is 19.3. The third-order valence-corrected chi connectivity index (χ3v) is 6.57. The zero-order valence-electron chi connectivity index (χ0n) is 17.8. The fourth-order valence-electron chi connectivity index (χ4n) is 4.04. The van der Waals surface area contributed by atoms with Crippen LogP contribution in [0.2, 0.25) is 10.0 Å². The number of hydrogen-bond acceptors (Lipinski definition) is 4. The van der Waals surface area contributed by atoms with Gasteiger partial charge in [0.1, 0.15) is 5.60 Å². The number of hydrogen-bond donors (Lipinski definition) is 0. The molecular weight excluding hydrogens is 409 g/mol. The van der Waals surface area contributed by atoms with Crippen LogP contribution in [-0.4, -0.2) is 67.3 Å². The van der Waals surface area contributed by atoms with E-state index in [1.807, 2.05) is 43.9 Å². The summed E-state index contributed by atoms with van der Waals surface area (Å²) in [6, 6.07) is 5.83. The van der Waals surface area contributed by atoms with E-state index in [1.165, 1.54) is 6.42 Å². The summed E-state index contributed by atoms with van der Waals surface area (Å²) in [5.74, 6) is 0.689. The minimum atomic E-state index is -0.425. The maximum absolute atomic E-state index is 12.2.